The Hall–Kier alpha value is -4.06. The first-order chi connectivity index (χ1) is 18.5. The Morgan fingerprint density at radius 3 is 1.84 bits per heavy atom. The highest BCUT2D eigenvalue weighted by Crippen LogP contribution is 2.29. The van der Waals surface area contributed by atoms with Gasteiger partial charge in [-0.15, -0.1) is 0 Å². The van der Waals surface area contributed by atoms with Gasteiger partial charge >= 0.3 is 0 Å². The second-order valence-corrected chi connectivity index (χ2v) is 9.50. The number of aromatic nitrogens is 3. The van der Waals surface area contributed by atoms with Crippen LogP contribution in [0.25, 0.3) is 16.7 Å². The Morgan fingerprint density at radius 2 is 1.32 bits per heavy atom. The standard InChI is InChI=1S/C30H32N4O2.C2H6/c1-21(2)17-24-20-34-28-8-6-5-7-27(28)32-29(30(34)31-24)33(18-22-9-13-25(35-3)14-10-22)19-23-11-15-26(36-4)16-12-23;1-2/h5-16,20-21H,17-19H2,1-4H3;1-2H3. The van der Waals surface area contributed by atoms with Crippen LogP contribution in [0.2, 0.25) is 0 Å². The second kappa shape index (κ2) is 12.5. The Labute approximate surface area is 225 Å². The van der Waals surface area contributed by atoms with E-state index in [0.717, 1.165) is 46.1 Å². The average Bonchev–Trinajstić information content (AvgIpc) is 3.37. The molecule has 0 saturated carbocycles. The molecule has 6 nitrogen and oxygen atoms in total. The van der Waals surface area contributed by atoms with Crippen molar-refractivity contribution < 1.29 is 9.47 Å². The fourth-order valence-corrected chi connectivity index (χ4v) is 4.53. The zero-order chi connectivity index (χ0) is 27.1. The van der Waals surface area contributed by atoms with Gasteiger partial charge in [0.2, 0.25) is 0 Å². The molecular weight excluding hydrogens is 472 g/mol. The highest BCUT2D eigenvalue weighted by Gasteiger charge is 2.19. The number of rotatable bonds is 9. The van der Waals surface area contributed by atoms with Crippen LogP contribution in [0.15, 0.2) is 79.0 Å². The van der Waals surface area contributed by atoms with Crippen LogP contribution in [0.1, 0.15) is 44.5 Å². The number of hydrogen-bond acceptors (Lipinski definition) is 5. The summed E-state index contributed by atoms with van der Waals surface area (Å²) in [7, 11) is 3.38. The molecule has 0 radical (unpaired) electrons. The van der Waals surface area contributed by atoms with Crippen molar-refractivity contribution in [1.29, 1.82) is 0 Å². The number of imidazole rings is 1. The number of fused-ring (bicyclic) bond motifs is 3. The lowest BCUT2D eigenvalue weighted by molar-refractivity contribution is 0.414. The van der Waals surface area contributed by atoms with Crippen LogP contribution >= 0.6 is 0 Å². The molecule has 0 amide bonds. The number of ether oxygens (including phenoxy) is 2. The molecule has 0 saturated heterocycles. The highest BCUT2D eigenvalue weighted by atomic mass is 16.5. The molecule has 198 valence electrons. The number of nitrogens with zero attached hydrogens (tertiary/aromatic N) is 4. The first-order valence-electron chi connectivity index (χ1n) is 13.3. The van der Waals surface area contributed by atoms with Crippen LogP contribution in [-0.4, -0.2) is 28.6 Å². The molecule has 0 N–H and O–H groups in total. The van der Waals surface area contributed by atoms with Gasteiger partial charge in [-0.3, -0.25) is 4.40 Å². The van der Waals surface area contributed by atoms with E-state index in [1.54, 1.807) is 14.2 Å². The van der Waals surface area contributed by atoms with Crippen molar-refractivity contribution in [3.63, 3.8) is 0 Å². The zero-order valence-electron chi connectivity index (χ0n) is 23.3. The fraction of sp³-hybridized carbons (Fsp3) is 0.312. The average molecular weight is 511 g/mol. The van der Waals surface area contributed by atoms with Crippen molar-refractivity contribution in [2.75, 3.05) is 19.1 Å². The Morgan fingerprint density at radius 1 is 0.763 bits per heavy atom. The zero-order valence-corrected chi connectivity index (χ0v) is 23.3. The molecule has 0 bridgehead atoms. The van der Waals surface area contributed by atoms with Gasteiger partial charge in [0, 0.05) is 19.3 Å². The third-order valence-corrected chi connectivity index (χ3v) is 6.31. The lowest BCUT2D eigenvalue weighted by atomic mass is 10.1. The van der Waals surface area contributed by atoms with E-state index in [1.807, 2.05) is 44.2 Å². The molecule has 38 heavy (non-hydrogen) atoms. The van der Waals surface area contributed by atoms with Crippen LogP contribution in [0.4, 0.5) is 5.82 Å². The number of benzene rings is 3. The molecule has 2 aromatic heterocycles. The van der Waals surface area contributed by atoms with Crippen molar-refractivity contribution >= 4 is 22.5 Å². The normalized spacial score (nSPS) is 10.9. The van der Waals surface area contributed by atoms with Gasteiger partial charge in [0.1, 0.15) is 11.5 Å². The summed E-state index contributed by atoms with van der Waals surface area (Å²) in [5, 5.41) is 0. The van der Waals surface area contributed by atoms with Gasteiger partial charge < -0.3 is 14.4 Å². The van der Waals surface area contributed by atoms with Gasteiger partial charge in [0.05, 0.1) is 30.9 Å². The number of para-hydroxylation sites is 2. The van der Waals surface area contributed by atoms with E-state index >= 15 is 0 Å². The maximum atomic E-state index is 5.37. The minimum Gasteiger partial charge on any atom is -0.497 e. The van der Waals surface area contributed by atoms with E-state index in [0.29, 0.717) is 19.0 Å². The third kappa shape index (κ3) is 6.08. The minimum absolute atomic E-state index is 0.521. The summed E-state index contributed by atoms with van der Waals surface area (Å²) < 4.78 is 12.9. The molecule has 0 aliphatic heterocycles. The quantitative estimate of drug-likeness (QED) is 0.208. The summed E-state index contributed by atoms with van der Waals surface area (Å²) in [5.41, 5.74) is 6.32. The molecule has 0 aliphatic rings. The molecule has 0 fully saturated rings. The first kappa shape index (κ1) is 27.0. The summed E-state index contributed by atoms with van der Waals surface area (Å²) in [6, 6.07) is 24.7. The fourth-order valence-electron chi connectivity index (χ4n) is 4.53. The SMILES string of the molecule is CC.COc1ccc(CN(Cc2ccc(OC)cc2)c2nc3ccccc3n3cc(CC(C)C)nc23)cc1. The Balaban J connectivity index is 0.00000164. The second-order valence-electron chi connectivity index (χ2n) is 9.50. The Kier molecular flexibility index (Phi) is 8.85. The van der Waals surface area contributed by atoms with Crippen molar-refractivity contribution in [2.24, 2.45) is 5.92 Å². The van der Waals surface area contributed by atoms with Gasteiger partial charge in [-0.2, -0.15) is 0 Å². The van der Waals surface area contributed by atoms with E-state index in [4.69, 9.17) is 19.4 Å². The highest BCUT2D eigenvalue weighted by molar-refractivity contribution is 5.83. The van der Waals surface area contributed by atoms with Crippen molar-refractivity contribution in [3.05, 3.63) is 95.8 Å². The molecule has 5 rings (SSSR count). The predicted octanol–water partition coefficient (Wildman–Crippen LogP) is 7.33. The maximum absolute atomic E-state index is 5.37. The number of anilines is 1. The van der Waals surface area contributed by atoms with Crippen molar-refractivity contribution in [3.8, 4) is 11.5 Å². The molecule has 2 heterocycles. The molecule has 3 aromatic carbocycles. The summed E-state index contributed by atoms with van der Waals surface area (Å²) in [6.07, 6.45) is 3.09. The lowest BCUT2D eigenvalue weighted by Crippen LogP contribution is -2.24. The van der Waals surface area contributed by atoms with Gasteiger partial charge in [-0.05, 0) is 59.9 Å². The number of methoxy groups -OCH3 is 2. The molecule has 0 atom stereocenters. The molecule has 0 spiro atoms. The third-order valence-electron chi connectivity index (χ3n) is 6.31. The van der Waals surface area contributed by atoms with E-state index in [2.05, 4.69) is 71.8 Å². The van der Waals surface area contributed by atoms with E-state index in [9.17, 15) is 0 Å². The topological polar surface area (TPSA) is 51.9 Å². The van der Waals surface area contributed by atoms with Crippen LogP contribution in [0.3, 0.4) is 0 Å². The van der Waals surface area contributed by atoms with E-state index in [-0.39, 0.29) is 0 Å². The Bertz CT molecular complexity index is 1410. The summed E-state index contributed by atoms with van der Waals surface area (Å²) in [4.78, 5) is 12.5. The molecule has 5 aromatic rings. The maximum Gasteiger partial charge on any atom is 0.181 e. The molecule has 6 heteroatoms. The van der Waals surface area contributed by atoms with Gasteiger partial charge in [-0.1, -0.05) is 64.1 Å². The van der Waals surface area contributed by atoms with Crippen LogP contribution in [0, 0.1) is 5.92 Å². The van der Waals surface area contributed by atoms with Gasteiger partial charge in [0.25, 0.3) is 0 Å². The van der Waals surface area contributed by atoms with Gasteiger partial charge in [0.15, 0.2) is 11.5 Å². The first-order valence-corrected chi connectivity index (χ1v) is 13.3. The van der Waals surface area contributed by atoms with Crippen molar-refractivity contribution in [2.45, 2.75) is 47.2 Å². The molecular formula is C32H38N4O2. The van der Waals surface area contributed by atoms with Gasteiger partial charge in [-0.25, -0.2) is 9.97 Å². The van der Waals surface area contributed by atoms with Crippen LogP contribution < -0.4 is 14.4 Å². The molecule has 0 unspecified atom stereocenters. The van der Waals surface area contributed by atoms with E-state index in [1.165, 1.54) is 11.1 Å². The smallest absolute Gasteiger partial charge is 0.181 e. The molecule has 0 aliphatic carbocycles. The summed E-state index contributed by atoms with van der Waals surface area (Å²) in [5.74, 6) is 3.08. The van der Waals surface area contributed by atoms with E-state index < -0.39 is 0 Å². The lowest BCUT2D eigenvalue weighted by Gasteiger charge is -2.25. The predicted molar refractivity (Wildman–Crippen MR) is 156 cm³/mol. The van der Waals surface area contributed by atoms with Crippen LogP contribution in [-0.2, 0) is 19.5 Å². The number of hydrogen-bond donors (Lipinski definition) is 0. The van der Waals surface area contributed by atoms with Crippen molar-refractivity contribution in [1.82, 2.24) is 14.4 Å². The minimum atomic E-state index is 0.521. The van der Waals surface area contributed by atoms with Crippen LogP contribution in [0.5, 0.6) is 11.5 Å². The monoisotopic (exact) mass is 510 g/mol. The largest absolute Gasteiger partial charge is 0.497 e. The summed E-state index contributed by atoms with van der Waals surface area (Å²) >= 11 is 0. The summed E-state index contributed by atoms with van der Waals surface area (Å²) in [6.45, 7) is 9.81.